The Hall–Kier alpha value is -2.52. The van der Waals surface area contributed by atoms with Crippen LogP contribution in [0.3, 0.4) is 0 Å². The fourth-order valence-corrected chi connectivity index (χ4v) is 4.92. The molecule has 0 saturated carbocycles. The Kier molecular flexibility index (Phi) is 5.95. The number of sulfonamides is 1. The van der Waals surface area contributed by atoms with Crippen molar-refractivity contribution in [2.45, 2.75) is 38.1 Å². The number of carbonyl (C=O) groups excluding carboxylic acids is 1. The van der Waals surface area contributed by atoms with E-state index in [0.717, 1.165) is 17.5 Å². The molecule has 1 aliphatic rings. The number of aryl methyl sites for hydroxylation is 1. The van der Waals surface area contributed by atoms with Crippen molar-refractivity contribution in [2.24, 2.45) is 0 Å². The van der Waals surface area contributed by atoms with E-state index in [0.29, 0.717) is 29.9 Å². The lowest BCUT2D eigenvalue weighted by Crippen LogP contribution is -2.28. The van der Waals surface area contributed by atoms with Crippen LogP contribution in [0.1, 0.15) is 25.3 Å². The highest BCUT2D eigenvalue weighted by molar-refractivity contribution is 7.89. The first-order chi connectivity index (χ1) is 13.3. The molecule has 1 aliphatic heterocycles. The fraction of sp³-hybridized carbons (Fsp3) is 0.421. The third kappa shape index (κ3) is 4.15. The van der Waals surface area contributed by atoms with E-state index in [2.05, 4.69) is 5.10 Å². The molecule has 0 aliphatic carbocycles. The van der Waals surface area contributed by atoms with Crippen molar-refractivity contribution in [1.82, 2.24) is 14.1 Å². The molecule has 0 N–H and O–H groups in total. The lowest BCUT2D eigenvalue weighted by molar-refractivity contribution is -0.144. The summed E-state index contributed by atoms with van der Waals surface area (Å²) in [6, 6.07) is 7.86. The second-order valence-corrected chi connectivity index (χ2v) is 8.52. The van der Waals surface area contributed by atoms with Crippen molar-refractivity contribution in [3.63, 3.8) is 0 Å². The molecule has 9 heteroatoms. The molecule has 1 aromatic heterocycles. The van der Waals surface area contributed by atoms with E-state index >= 15 is 0 Å². The Bertz CT molecular complexity index is 1040. The van der Waals surface area contributed by atoms with Crippen LogP contribution in [0.5, 0.6) is 0 Å². The van der Waals surface area contributed by atoms with Gasteiger partial charge in [0.1, 0.15) is 6.54 Å². The van der Waals surface area contributed by atoms with E-state index in [9.17, 15) is 18.0 Å². The summed E-state index contributed by atoms with van der Waals surface area (Å²) in [6.45, 7) is 4.39. The van der Waals surface area contributed by atoms with Crippen LogP contribution in [0.2, 0.25) is 0 Å². The molecule has 1 aromatic carbocycles. The van der Waals surface area contributed by atoms with E-state index < -0.39 is 21.6 Å². The van der Waals surface area contributed by atoms with Crippen LogP contribution in [0, 0.1) is 6.92 Å². The lowest BCUT2D eigenvalue weighted by atomic mass is 10.1. The van der Waals surface area contributed by atoms with Gasteiger partial charge in [0.05, 0.1) is 17.2 Å². The third-order valence-electron chi connectivity index (χ3n) is 4.62. The minimum atomic E-state index is -3.58. The van der Waals surface area contributed by atoms with Crippen LogP contribution in [0.4, 0.5) is 0 Å². The van der Waals surface area contributed by atoms with E-state index in [4.69, 9.17) is 4.74 Å². The molecule has 28 heavy (non-hydrogen) atoms. The maximum absolute atomic E-state index is 13.0. The first-order valence-corrected chi connectivity index (χ1v) is 10.6. The van der Waals surface area contributed by atoms with Gasteiger partial charge in [-0.05, 0) is 44.4 Å². The predicted octanol–water partition coefficient (Wildman–Crippen LogP) is 1.57. The average Bonchev–Trinajstić information content (AvgIpc) is 3.20. The summed E-state index contributed by atoms with van der Waals surface area (Å²) in [5, 5.41) is 4.21. The topological polar surface area (TPSA) is 98.6 Å². The zero-order valence-electron chi connectivity index (χ0n) is 15.9. The van der Waals surface area contributed by atoms with Gasteiger partial charge in [-0.1, -0.05) is 12.1 Å². The Morgan fingerprint density at radius 2 is 1.89 bits per heavy atom. The highest BCUT2D eigenvalue weighted by atomic mass is 32.2. The maximum Gasteiger partial charge on any atom is 0.327 e. The minimum Gasteiger partial charge on any atom is -0.465 e. The van der Waals surface area contributed by atoms with Gasteiger partial charge in [-0.15, -0.1) is 0 Å². The van der Waals surface area contributed by atoms with Gasteiger partial charge < -0.3 is 4.74 Å². The summed E-state index contributed by atoms with van der Waals surface area (Å²) in [4.78, 5) is 23.9. The molecule has 150 valence electrons. The van der Waals surface area contributed by atoms with Crippen LogP contribution in [-0.2, 0) is 26.1 Å². The summed E-state index contributed by atoms with van der Waals surface area (Å²) in [5.41, 5.74) is 1.17. The molecule has 0 spiro atoms. The summed E-state index contributed by atoms with van der Waals surface area (Å²) >= 11 is 0. The van der Waals surface area contributed by atoms with E-state index in [1.807, 2.05) is 0 Å². The second kappa shape index (κ2) is 8.24. The van der Waals surface area contributed by atoms with Crippen molar-refractivity contribution in [2.75, 3.05) is 19.7 Å². The number of ether oxygens (including phenoxy) is 1. The second-order valence-electron chi connectivity index (χ2n) is 6.61. The normalized spacial score (nSPS) is 14.9. The molecular formula is C19H23N3O5S. The van der Waals surface area contributed by atoms with Gasteiger partial charge in [0.2, 0.25) is 10.0 Å². The molecule has 2 heterocycles. The van der Waals surface area contributed by atoms with Gasteiger partial charge in [-0.2, -0.15) is 9.40 Å². The summed E-state index contributed by atoms with van der Waals surface area (Å²) < 4.78 is 33.3. The number of rotatable bonds is 6. The molecule has 0 atom stereocenters. The summed E-state index contributed by atoms with van der Waals surface area (Å²) in [5.74, 6) is -0.560. The average molecular weight is 405 g/mol. The zero-order chi connectivity index (χ0) is 20.3. The molecule has 3 rings (SSSR count). The van der Waals surface area contributed by atoms with Gasteiger partial charge in [0.25, 0.3) is 5.56 Å². The SMILES string of the molecule is CCOC(=O)Cn1nc(-c2ccc(C)c(S(=O)(=O)N3CCCC3)c2)ccc1=O. The minimum absolute atomic E-state index is 0.211. The molecular weight excluding hydrogens is 382 g/mol. The van der Waals surface area contributed by atoms with Crippen LogP contribution >= 0.6 is 0 Å². The highest BCUT2D eigenvalue weighted by Gasteiger charge is 2.28. The summed E-state index contributed by atoms with van der Waals surface area (Å²) in [6.07, 6.45) is 1.72. The van der Waals surface area contributed by atoms with Crippen molar-refractivity contribution >= 4 is 16.0 Å². The predicted molar refractivity (Wildman–Crippen MR) is 103 cm³/mol. The first-order valence-electron chi connectivity index (χ1n) is 9.18. The lowest BCUT2D eigenvalue weighted by Gasteiger charge is -2.18. The van der Waals surface area contributed by atoms with Crippen molar-refractivity contribution in [3.8, 4) is 11.3 Å². The van der Waals surface area contributed by atoms with Crippen LogP contribution in [0.25, 0.3) is 11.3 Å². The van der Waals surface area contributed by atoms with Gasteiger partial charge >= 0.3 is 5.97 Å². The van der Waals surface area contributed by atoms with Gasteiger partial charge in [-0.3, -0.25) is 9.59 Å². The largest absolute Gasteiger partial charge is 0.465 e. The van der Waals surface area contributed by atoms with E-state index in [1.165, 1.54) is 16.4 Å². The maximum atomic E-state index is 13.0. The van der Waals surface area contributed by atoms with Gasteiger partial charge in [-0.25, -0.2) is 13.1 Å². The number of hydrogen-bond donors (Lipinski definition) is 0. The number of aromatic nitrogens is 2. The van der Waals surface area contributed by atoms with Crippen LogP contribution in [0.15, 0.2) is 40.0 Å². The number of benzene rings is 1. The van der Waals surface area contributed by atoms with Crippen molar-refractivity contribution in [1.29, 1.82) is 0 Å². The quantitative estimate of drug-likeness (QED) is 0.677. The van der Waals surface area contributed by atoms with E-state index in [-0.39, 0.29) is 18.0 Å². The van der Waals surface area contributed by atoms with Gasteiger partial charge in [0.15, 0.2) is 0 Å². The first kappa shape index (κ1) is 20.2. The van der Waals surface area contributed by atoms with Crippen molar-refractivity contribution in [3.05, 3.63) is 46.2 Å². The Morgan fingerprint density at radius 3 is 2.57 bits per heavy atom. The Balaban J connectivity index is 1.99. The fourth-order valence-electron chi connectivity index (χ4n) is 3.15. The van der Waals surface area contributed by atoms with Gasteiger partial charge in [0, 0.05) is 24.7 Å². The molecule has 8 nitrogen and oxygen atoms in total. The molecule has 0 radical (unpaired) electrons. The molecule has 1 fully saturated rings. The third-order valence-corrected chi connectivity index (χ3v) is 6.66. The van der Waals surface area contributed by atoms with E-state index in [1.54, 1.807) is 32.0 Å². The zero-order valence-corrected chi connectivity index (χ0v) is 16.7. The summed E-state index contributed by atoms with van der Waals surface area (Å²) in [7, 11) is -3.58. The molecule has 0 amide bonds. The smallest absolute Gasteiger partial charge is 0.327 e. The molecule has 1 saturated heterocycles. The highest BCUT2D eigenvalue weighted by Crippen LogP contribution is 2.27. The number of carbonyl (C=O) groups is 1. The standard InChI is InChI=1S/C19H23N3O5S/c1-3-27-19(24)13-22-18(23)9-8-16(20-22)15-7-6-14(2)17(12-15)28(25,26)21-10-4-5-11-21/h6-9,12H,3-5,10-11,13H2,1-2H3. The molecule has 2 aromatic rings. The molecule has 0 bridgehead atoms. The molecule has 0 unspecified atom stereocenters. The number of esters is 1. The monoisotopic (exact) mass is 405 g/mol. The van der Waals surface area contributed by atoms with Crippen LogP contribution < -0.4 is 5.56 Å². The van der Waals surface area contributed by atoms with Crippen LogP contribution in [-0.4, -0.2) is 48.2 Å². The number of hydrogen-bond acceptors (Lipinski definition) is 6. The Labute approximate surface area is 163 Å². The Morgan fingerprint density at radius 1 is 1.18 bits per heavy atom. The van der Waals surface area contributed by atoms with Crippen molar-refractivity contribution < 1.29 is 17.9 Å². The number of nitrogens with zero attached hydrogens (tertiary/aromatic N) is 3.